The van der Waals surface area contributed by atoms with Gasteiger partial charge in [0.25, 0.3) is 0 Å². The van der Waals surface area contributed by atoms with Crippen LogP contribution in [-0.4, -0.2) is 229 Å². The molecule has 0 aromatic carbocycles. The van der Waals surface area contributed by atoms with Crippen molar-refractivity contribution in [2.75, 3.05) is 77.1 Å². The first-order chi connectivity index (χ1) is 53.2. The molecule has 0 bridgehead atoms. The van der Waals surface area contributed by atoms with Gasteiger partial charge in [-0.15, -0.1) is 0 Å². The number of carbonyl (C=O) groups is 10. The Hall–Kier alpha value is -4.94. The number of nitrogens with zero attached hydrogens (tertiary/aromatic N) is 2. The van der Waals surface area contributed by atoms with E-state index in [1.54, 1.807) is 83.1 Å². The van der Waals surface area contributed by atoms with Crippen LogP contribution in [0.2, 0.25) is 0 Å². The fourth-order valence-corrected chi connectivity index (χ4v) is 14.6. The molecular formula is C82H157N6O24S4+. The molecule has 0 aromatic rings. The molecule has 0 fully saturated rings. The molecule has 0 aliphatic rings. The van der Waals surface area contributed by atoms with Crippen LogP contribution in [0.25, 0.3) is 0 Å². The van der Waals surface area contributed by atoms with Gasteiger partial charge in [0.2, 0.25) is 22.2 Å². The van der Waals surface area contributed by atoms with E-state index in [0.717, 1.165) is 21.6 Å². The molecule has 0 spiro atoms. The number of nitrogens with one attached hydrogen (secondary N) is 4. The topological polar surface area (TPSA) is 404 Å². The molecule has 6 atom stereocenters. The highest BCUT2D eigenvalue weighted by atomic mass is 33.1. The zero-order valence-corrected chi connectivity index (χ0v) is 79.1. The molecule has 682 valence electrons. The van der Waals surface area contributed by atoms with Gasteiger partial charge in [-0.1, -0.05) is 128 Å². The second-order valence-electron chi connectivity index (χ2n) is 35.9. The highest BCUT2D eigenvalue weighted by Crippen LogP contribution is 2.30. The molecule has 30 nitrogen and oxygen atoms in total. The maximum absolute atomic E-state index is 14.0. The van der Waals surface area contributed by atoms with Gasteiger partial charge in [-0.05, 0) is 189 Å². The predicted octanol–water partition coefficient (Wildman–Crippen LogP) is 14.5. The molecule has 0 aliphatic heterocycles. The number of alkyl carbamates (subject to hydrolysis) is 2. The van der Waals surface area contributed by atoms with E-state index < -0.39 is 202 Å². The third kappa shape index (κ3) is 63.1. The van der Waals surface area contributed by atoms with E-state index in [9.17, 15) is 73.9 Å². The van der Waals surface area contributed by atoms with E-state index in [1.807, 2.05) is 0 Å². The van der Waals surface area contributed by atoms with Crippen molar-refractivity contribution in [2.45, 2.75) is 379 Å². The van der Waals surface area contributed by atoms with Crippen molar-refractivity contribution in [1.82, 2.24) is 21.3 Å². The van der Waals surface area contributed by atoms with E-state index in [4.69, 9.17) is 28.4 Å². The molecule has 0 radical (unpaired) electrons. The molecule has 5 N–H and O–H groups in total. The number of hydrogen-bond donors (Lipinski definition) is 5. The lowest BCUT2D eigenvalue weighted by atomic mass is 9.98. The zero-order valence-electron chi connectivity index (χ0n) is 75.9. The lowest BCUT2D eigenvalue weighted by Gasteiger charge is -2.39. The summed E-state index contributed by atoms with van der Waals surface area (Å²) in [6.45, 7) is 55.5. The second kappa shape index (κ2) is 57.4. The zero-order chi connectivity index (χ0) is 90.2. The number of hydrogen-bond acceptors (Lipinski definition) is 25. The van der Waals surface area contributed by atoms with Crippen molar-refractivity contribution >= 4 is 102 Å². The molecule has 0 saturated carbocycles. The van der Waals surface area contributed by atoms with Gasteiger partial charge in [-0.3, -0.25) is 32.7 Å². The highest BCUT2D eigenvalue weighted by molar-refractivity contribution is 8.76. The van der Waals surface area contributed by atoms with Crippen LogP contribution in [0.5, 0.6) is 0 Å². The van der Waals surface area contributed by atoms with Crippen molar-refractivity contribution in [3.8, 4) is 0 Å². The first kappa shape index (κ1) is 115. The first-order valence-corrected chi connectivity index (χ1v) is 47.1. The highest BCUT2D eigenvalue weighted by Gasteiger charge is 2.38. The van der Waals surface area contributed by atoms with Crippen LogP contribution in [0.3, 0.4) is 0 Å². The van der Waals surface area contributed by atoms with Gasteiger partial charge < -0.3 is 63.2 Å². The molecule has 0 unspecified atom stereocenters. The van der Waals surface area contributed by atoms with Crippen LogP contribution in [0.15, 0.2) is 0 Å². The molecule has 0 heterocycles. The quantitative estimate of drug-likeness (QED) is 0.00718. The Balaban J connectivity index is -0.00000306. The Morgan fingerprint density at radius 2 is 0.681 bits per heavy atom. The molecule has 0 aliphatic carbocycles. The molecule has 4 amide bonds. The van der Waals surface area contributed by atoms with E-state index in [1.165, 1.54) is 206 Å². The van der Waals surface area contributed by atoms with Gasteiger partial charge >= 0.3 is 46.5 Å². The monoisotopic (exact) mass is 1740 g/mol. The number of quaternary nitrogens is 2. The summed E-state index contributed by atoms with van der Waals surface area (Å²) in [4.78, 5) is 133. The van der Waals surface area contributed by atoms with E-state index in [2.05, 4.69) is 85.0 Å². The van der Waals surface area contributed by atoms with E-state index in [0.29, 0.717) is 0 Å². The molecular weight excluding hydrogens is 1580 g/mol. The Labute approximate surface area is 706 Å². The number of carbonyl (C=O) groups excluding carboxylic acids is 10. The summed E-state index contributed by atoms with van der Waals surface area (Å²) in [7, 11) is -8.99. The Morgan fingerprint density at radius 1 is 0.371 bits per heavy atom. The number of ether oxygens (including phenoxy) is 6. The van der Waals surface area contributed by atoms with Crippen molar-refractivity contribution in [3.05, 3.63) is 0 Å². The average Bonchev–Trinajstić information content (AvgIpc) is 0.865. The maximum atomic E-state index is 14.0. The second-order valence-corrected chi connectivity index (χ2v) is 40.6. The van der Waals surface area contributed by atoms with Gasteiger partial charge in [-0.2, -0.15) is 8.42 Å². The number of esters is 4. The molecule has 0 rings (SSSR count). The Morgan fingerprint density at radius 3 is 0.991 bits per heavy atom. The van der Waals surface area contributed by atoms with Crippen LogP contribution < -0.4 is 21.3 Å². The van der Waals surface area contributed by atoms with Gasteiger partial charge in [0, 0.05) is 37.2 Å². The number of Topliss-reactive ketones (excluding diaryl/α,β-unsaturated/α-hetero) is 2. The minimum Gasteiger partial charge on any atom is -0.726 e. The predicted molar refractivity (Wildman–Crippen MR) is 455 cm³/mol. The number of rotatable bonds is 55. The van der Waals surface area contributed by atoms with Crippen LogP contribution in [0.1, 0.15) is 321 Å². The molecule has 34 heteroatoms. The fraction of sp³-hybridized carbons (Fsp3) is 0.878. The van der Waals surface area contributed by atoms with Crippen molar-refractivity contribution in [2.24, 2.45) is 11.8 Å². The maximum Gasteiger partial charge on any atom is 0.408 e. The van der Waals surface area contributed by atoms with Crippen LogP contribution in [0.4, 0.5) is 9.59 Å². The molecule has 0 saturated heterocycles. The smallest absolute Gasteiger partial charge is 0.408 e. The average molecular weight is 1740 g/mol. The van der Waals surface area contributed by atoms with Crippen LogP contribution in [0, 0.1) is 11.8 Å². The van der Waals surface area contributed by atoms with E-state index in [-0.39, 0.29) is 11.5 Å². The van der Waals surface area contributed by atoms with Gasteiger partial charge in [0.15, 0.2) is 5.78 Å². The summed E-state index contributed by atoms with van der Waals surface area (Å²) in [6.07, 6.45) is 16.5. The molecule has 116 heavy (non-hydrogen) atoms. The van der Waals surface area contributed by atoms with Crippen LogP contribution >= 0.6 is 21.6 Å². The summed E-state index contributed by atoms with van der Waals surface area (Å²) in [5.74, 6) is -11.7. The number of unbranched alkanes of at least 4 members (excludes halogenated alkanes) is 8. The van der Waals surface area contributed by atoms with Crippen molar-refractivity contribution in [3.63, 3.8) is 0 Å². The fourth-order valence-electron chi connectivity index (χ4n) is 11.5. The standard InChI is InChI=1S/C50H86N4O24S4.2C16H36N/c1-45(2,3)73-39(59)30(24-36(56)34(26-72-82(68,69)70)51-37(57)22-21-33(41(61)75-47(7,8)9)54-44(64)78-50(16,17)18)27-79-80-28-35(42(62)76-48(10,11)12)52-38(58)29(25-71-81(65,66)67)23-31(55)19-20-32(40(60)74-46(4,5)6)53-43(63)77-49(13,14)15;2*1-5-9-13-17(14-10-6-2,15-11-7-3)16-12-8-4/h29-30,32-35H,19-28H2,1-18H3,(H,51,57)(H,52,58)(H,53,63)(H,54,64)(H,65,66,67)(H,68,69,70);2*5-16H2,1-4H3/q;2*+1/p-1/t29-,30-,32-,33-,34-,35-;;/m0../s1. The molecule has 0 aromatic heterocycles. The normalized spacial score (nSPS) is 14.1. The minimum absolute atomic E-state index is 0.312. The Kier molecular flexibility index (Phi) is 57.0. The summed E-state index contributed by atoms with van der Waals surface area (Å²) < 4.78 is 111. The summed E-state index contributed by atoms with van der Waals surface area (Å²) in [6, 6.07) is -6.38. The summed E-state index contributed by atoms with van der Waals surface area (Å²) in [5, 5.41) is 9.32. The van der Waals surface area contributed by atoms with Crippen molar-refractivity contribution in [1.29, 1.82) is 0 Å². The van der Waals surface area contributed by atoms with Gasteiger partial charge in [-0.25, -0.2) is 36.6 Å². The summed E-state index contributed by atoms with van der Waals surface area (Å²) in [5.41, 5.74) is -6.31. The van der Waals surface area contributed by atoms with Gasteiger partial charge in [0.1, 0.15) is 63.6 Å². The summed E-state index contributed by atoms with van der Waals surface area (Å²) >= 11 is 0. The van der Waals surface area contributed by atoms with Gasteiger partial charge in [0.05, 0.1) is 77.4 Å². The van der Waals surface area contributed by atoms with E-state index >= 15 is 0 Å². The number of ketones is 2. The third-order valence-electron chi connectivity index (χ3n) is 17.2. The lowest BCUT2D eigenvalue weighted by Crippen LogP contribution is -2.50. The lowest BCUT2D eigenvalue weighted by molar-refractivity contribution is -0.929. The largest absolute Gasteiger partial charge is 0.726 e. The SMILES string of the molecule is CC(C)(C)OC(=O)N[C@@H](CCC(=O)C[C@@H](COS(=O)(=O)[O-])C(=O)N[C@@H](CSSC[C@H](CC(=O)[C@H](COS(=O)(=O)O)NC(=O)CC[C@H](NC(=O)OC(C)(C)C)C(=O)OC(C)(C)C)C(=O)OC(C)(C)C)C(=O)OC(C)(C)C)C(=O)OC(C)(C)C.CCCC[N+](CCCC)(CCCC)CCCC.CCCC[N+](CCCC)(CCCC)CCCC. The Bertz CT molecular complexity index is 2840. The van der Waals surface area contributed by atoms with Crippen LogP contribution in [-0.2, 0) is 95.9 Å². The van der Waals surface area contributed by atoms with Crippen molar-refractivity contribution < 1.29 is 120 Å². The first-order valence-electron chi connectivity index (χ1n) is 41.9. The minimum atomic E-state index is -5.46. The third-order valence-corrected chi connectivity index (χ3v) is 20.5. The number of amides is 4.